The molecule has 4 nitrogen and oxygen atoms in total. The summed E-state index contributed by atoms with van der Waals surface area (Å²) in [5.41, 5.74) is 2.25. The number of hydrogen-bond donors (Lipinski definition) is 3. The number of aliphatic hydroxyl groups is 1. The first-order valence-electron chi connectivity index (χ1n) is 13.7. The number of benzene rings is 2. The van der Waals surface area contributed by atoms with Crippen molar-refractivity contribution in [2.45, 2.75) is 102 Å². The summed E-state index contributed by atoms with van der Waals surface area (Å²) in [6.45, 7) is 8.80. The predicted molar refractivity (Wildman–Crippen MR) is 143 cm³/mol. The second-order valence-electron chi connectivity index (χ2n) is 12.5. The number of amides is 1. The monoisotopic (exact) mass is 512 g/mol. The first-order chi connectivity index (χ1) is 17.4. The third-order valence-electron chi connectivity index (χ3n) is 8.34. The molecule has 2 aliphatic carbocycles. The average Bonchev–Trinajstić information content (AvgIpc) is 3.60. The summed E-state index contributed by atoms with van der Waals surface area (Å²) < 4.78 is 27.8. The molecule has 37 heavy (non-hydrogen) atoms. The third-order valence-corrected chi connectivity index (χ3v) is 8.34. The molecule has 0 aromatic heterocycles. The normalized spacial score (nSPS) is 20.2. The maximum absolute atomic E-state index is 13.9. The Morgan fingerprint density at radius 3 is 2.24 bits per heavy atom. The molecular weight excluding hydrogens is 470 g/mol. The van der Waals surface area contributed by atoms with Crippen molar-refractivity contribution in [2.24, 2.45) is 5.41 Å². The van der Waals surface area contributed by atoms with Crippen LogP contribution in [0.4, 0.5) is 8.78 Å². The predicted octanol–water partition coefficient (Wildman–Crippen LogP) is 5.90. The van der Waals surface area contributed by atoms with Gasteiger partial charge in [-0.1, -0.05) is 71.2 Å². The van der Waals surface area contributed by atoms with Gasteiger partial charge in [-0.15, -0.1) is 0 Å². The number of carbonyl (C=O) groups is 1. The van der Waals surface area contributed by atoms with Crippen LogP contribution in [0.15, 0.2) is 42.5 Å². The minimum Gasteiger partial charge on any atom is -0.390 e. The van der Waals surface area contributed by atoms with Crippen molar-refractivity contribution in [3.63, 3.8) is 0 Å². The Morgan fingerprint density at radius 2 is 1.65 bits per heavy atom. The fourth-order valence-electron chi connectivity index (χ4n) is 5.47. The lowest BCUT2D eigenvalue weighted by atomic mass is 9.74. The van der Waals surface area contributed by atoms with E-state index in [0.29, 0.717) is 5.56 Å². The molecule has 0 radical (unpaired) electrons. The molecule has 2 atom stereocenters. The highest BCUT2D eigenvalue weighted by molar-refractivity contribution is 5.85. The molecular formula is C31H42F2N2O2. The summed E-state index contributed by atoms with van der Waals surface area (Å²) >= 11 is 0. The topological polar surface area (TPSA) is 61.4 Å². The summed E-state index contributed by atoms with van der Waals surface area (Å²) in [7, 11) is 0. The van der Waals surface area contributed by atoms with Gasteiger partial charge in [-0.25, -0.2) is 8.78 Å². The smallest absolute Gasteiger partial charge is 0.226 e. The highest BCUT2D eigenvalue weighted by atomic mass is 19.1. The Hall–Kier alpha value is -2.31. The van der Waals surface area contributed by atoms with Crippen LogP contribution in [0.5, 0.6) is 0 Å². The molecule has 0 bridgehead atoms. The average molecular weight is 513 g/mol. The highest BCUT2D eigenvalue weighted by Gasteiger charge is 2.46. The zero-order valence-electron chi connectivity index (χ0n) is 22.7. The van der Waals surface area contributed by atoms with E-state index in [9.17, 15) is 18.7 Å². The first kappa shape index (κ1) is 27.7. The summed E-state index contributed by atoms with van der Waals surface area (Å²) in [6, 6.07) is 11.4. The van der Waals surface area contributed by atoms with Crippen LogP contribution in [0, 0.1) is 17.0 Å². The van der Waals surface area contributed by atoms with E-state index >= 15 is 0 Å². The molecule has 0 saturated heterocycles. The maximum atomic E-state index is 13.9. The minimum atomic E-state index is -0.928. The lowest BCUT2D eigenvalue weighted by Gasteiger charge is -2.41. The third kappa shape index (κ3) is 6.77. The van der Waals surface area contributed by atoms with Crippen LogP contribution in [-0.2, 0) is 22.2 Å². The SMILES string of the molecule is CC1(C(=O)NC(Cc2cc(F)cc(F)c2)C(O)CNC2(c3cccc(C(C)(C)C)c3)CCCCC2)CC1. The number of aliphatic hydroxyl groups excluding tert-OH is 1. The lowest BCUT2D eigenvalue weighted by molar-refractivity contribution is -0.127. The summed E-state index contributed by atoms with van der Waals surface area (Å²) in [6.07, 6.45) is 6.16. The first-order valence-corrected chi connectivity index (χ1v) is 13.7. The van der Waals surface area contributed by atoms with Gasteiger partial charge in [0.15, 0.2) is 0 Å². The number of nitrogens with one attached hydrogen (secondary N) is 2. The number of carbonyl (C=O) groups excluding carboxylic acids is 1. The Bertz CT molecular complexity index is 1080. The number of rotatable bonds is 9. The van der Waals surface area contributed by atoms with E-state index in [4.69, 9.17) is 0 Å². The number of halogens is 2. The van der Waals surface area contributed by atoms with E-state index in [-0.39, 0.29) is 29.8 Å². The van der Waals surface area contributed by atoms with E-state index < -0.39 is 29.2 Å². The molecule has 2 unspecified atom stereocenters. The van der Waals surface area contributed by atoms with Gasteiger partial charge in [-0.2, -0.15) is 0 Å². The second kappa shape index (κ2) is 10.8. The Kier molecular flexibility index (Phi) is 8.10. The van der Waals surface area contributed by atoms with Crippen molar-refractivity contribution >= 4 is 5.91 Å². The second-order valence-corrected chi connectivity index (χ2v) is 12.5. The molecule has 202 valence electrons. The van der Waals surface area contributed by atoms with Crippen molar-refractivity contribution in [3.8, 4) is 0 Å². The van der Waals surface area contributed by atoms with Gasteiger partial charge in [0.1, 0.15) is 11.6 Å². The van der Waals surface area contributed by atoms with Gasteiger partial charge in [0.2, 0.25) is 5.91 Å². The van der Waals surface area contributed by atoms with E-state index in [1.165, 1.54) is 29.7 Å². The van der Waals surface area contributed by atoms with Crippen LogP contribution in [0.3, 0.4) is 0 Å². The lowest BCUT2D eigenvalue weighted by Crippen LogP contribution is -2.54. The summed E-state index contributed by atoms with van der Waals surface area (Å²) in [5.74, 6) is -1.44. The van der Waals surface area contributed by atoms with Crippen molar-refractivity contribution in [1.82, 2.24) is 10.6 Å². The van der Waals surface area contributed by atoms with Crippen LogP contribution in [-0.4, -0.2) is 29.7 Å². The Labute approximate surface area is 220 Å². The van der Waals surface area contributed by atoms with Crippen molar-refractivity contribution < 1.29 is 18.7 Å². The van der Waals surface area contributed by atoms with E-state index in [1.54, 1.807) is 0 Å². The van der Waals surface area contributed by atoms with E-state index in [1.807, 2.05) is 6.92 Å². The molecule has 2 aromatic rings. The summed E-state index contributed by atoms with van der Waals surface area (Å²) in [4.78, 5) is 12.9. The molecule has 0 heterocycles. The van der Waals surface area contributed by atoms with Gasteiger partial charge in [-0.3, -0.25) is 4.79 Å². The van der Waals surface area contributed by atoms with Crippen LogP contribution < -0.4 is 10.6 Å². The molecule has 6 heteroatoms. The van der Waals surface area contributed by atoms with Gasteiger partial charge in [-0.05, 0) is 66.3 Å². The molecule has 3 N–H and O–H groups in total. The molecule has 0 spiro atoms. The van der Waals surface area contributed by atoms with Crippen LogP contribution in [0.25, 0.3) is 0 Å². The minimum absolute atomic E-state index is 0.0277. The van der Waals surface area contributed by atoms with Crippen LogP contribution >= 0.6 is 0 Å². The van der Waals surface area contributed by atoms with Gasteiger partial charge in [0, 0.05) is 23.6 Å². The van der Waals surface area contributed by atoms with E-state index in [0.717, 1.165) is 44.6 Å². The fourth-order valence-corrected chi connectivity index (χ4v) is 5.47. The summed E-state index contributed by atoms with van der Waals surface area (Å²) in [5, 5.41) is 18.1. The molecule has 2 aliphatic rings. The highest BCUT2D eigenvalue weighted by Crippen LogP contribution is 2.45. The number of hydrogen-bond acceptors (Lipinski definition) is 3. The van der Waals surface area contributed by atoms with Crippen molar-refractivity contribution in [1.29, 1.82) is 0 Å². The van der Waals surface area contributed by atoms with Crippen molar-refractivity contribution in [3.05, 3.63) is 70.8 Å². The molecule has 2 fully saturated rings. The molecule has 2 saturated carbocycles. The van der Waals surface area contributed by atoms with Crippen molar-refractivity contribution in [2.75, 3.05) is 6.54 Å². The Morgan fingerprint density at radius 1 is 1.00 bits per heavy atom. The van der Waals surface area contributed by atoms with Gasteiger partial charge < -0.3 is 15.7 Å². The zero-order chi connectivity index (χ0) is 26.8. The van der Waals surface area contributed by atoms with Crippen LogP contribution in [0.2, 0.25) is 0 Å². The van der Waals surface area contributed by atoms with Gasteiger partial charge >= 0.3 is 0 Å². The molecule has 0 aliphatic heterocycles. The van der Waals surface area contributed by atoms with Gasteiger partial charge in [0.25, 0.3) is 0 Å². The standard InChI is InChI=1S/C31H42F2N2O2/c1-29(2,3)22-9-8-10-23(18-22)31(11-6-5-7-12-31)34-20-27(36)26(35-28(37)30(4)13-14-30)17-21-15-24(32)19-25(33)16-21/h8-10,15-16,18-19,26-27,34,36H,5-7,11-14,17,20H2,1-4H3,(H,35,37). The largest absolute Gasteiger partial charge is 0.390 e. The molecule has 2 aromatic carbocycles. The maximum Gasteiger partial charge on any atom is 0.226 e. The van der Waals surface area contributed by atoms with Gasteiger partial charge in [0.05, 0.1) is 12.1 Å². The molecule has 4 rings (SSSR count). The fraction of sp³-hybridized carbons (Fsp3) is 0.581. The van der Waals surface area contributed by atoms with Crippen LogP contribution in [0.1, 0.15) is 89.3 Å². The Balaban J connectivity index is 1.55. The van der Waals surface area contributed by atoms with E-state index in [2.05, 4.69) is 55.7 Å². The molecule has 1 amide bonds. The zero-order valence-corrected chi connectivity index (χ0v) is 22.7. The quantitative estimate of drug-likeness (QED) is 0.392.